The highest BCUT2D eigenvalue weighted by molar-refractivity contribution is 7.89. The summed E-state index contributed by atoms with van der Waals surface area (Å²) in [5.74, 6) is 0. The van der Waals surface area contributed by atoms with Crippen molar-refractivity contribution >= 4 is 15.7 Å². The molecule has 2 rings (SSSR count). The number of anilines is 1. The smallest absolute Gasteiger partial charge is 0.245 e. The highest BCUT2D eigenvalue weighted by Crippen LogP contribution is 2.20. The van der Waals surface area contributed by atoms with Crippen LogP contribution >= 0.6 is 0 Å². The predicted molar refractivity (Wildman–Crippen MR) is 83.0 cm³/mol. The molecule has 1 heterocycles. The SMILES string of the molecule is CC(C)N(Cc1ccc(N)cc1)S(=O)(=O)c1cccnc1. The number of pyridine rings is 1. The lowest BCUT2D eigenvalue weighted by molar-refractivity contribution is 0.348. The Morgan fingerprint density at radius 1 is 1.19 bits per heavy atom. The Kier molecular flexibility index (Phi) is 4.59. The van der Waals surface area contributed by atoms with Crippen LogP contribution in [0.5, 0.6) is 0 Å². The molecule has 0 radical (unpaired) electrons. The van der Waals surface area contributed by atoms with Gasteiger partial charge in [-0.05, 0) is 43.7 Å². The van der Waals surface area contributed by atoms with E-state index in [2.05, 4.69) is 4.98 Å². The van der Waals surface area contributed by atoms with Gasteiger partial charge >= 0.3 is 0 Å². The van der Waals surface area contributed by atoms with Crippen LogP contribution in [-0.2, 0) is 16.6 Å². The number of hydrogen-bond donors (Lipinski definition) is 1. The molecule has 0 aliphatic carbocycles. The molecule has 1 aromatic carbocycles. The van der Waals surface area contributed by atoms with Gasteiger partial charge in [0.15, 0.2) is 0 Å². The molecule has 0 bridgehead atoms. The third-order valence-corrected chi connectivity index (χ3v) is 5.14. The zero-order valence-corrected chi connectivity index (χ0v) is 12.9. The Labute approximate surface area is 125 Å². The minimum absolute atomic E-state index is 0.159. The third-order valence-electron chi connectivity index (χ3n) is 3.14. The van der Waals surface area contributed by atoms with Crippen molar-refractivity contribution in [1.29, 1.82) is 0 Å². The first-order valence-electron chi connectivity index (χ1n) is 6.67. The van der Waals surface area contributed by atoms with Gasteiger partial charge in [-0.15, -0.1) is 0 Å². The lowest BCUT2D eigenvalue weighted by Crippen LogP contribution is -2.36. The summed E-state index contributed by atoms with van der Waals surface area (Å²) in [7, 11) is -3.57. The molecule has 0 atom stereocenters. The van der Waals surface area contributed by atoms with Crippen molar-refractivity contribution in [3.05, 3.63) is 54.4 Å². The van der Waals surface area contributed by atoms with E-state index in [4.69, 9.17) is 5.73 Å². The van der Waals surface area contributed by atoms with Crippen LogP contribution in [0.15, 0.2) is 53.7 Å². The van der Waals surface area contributed by atoms with E-state index in [1.807, 2.05) is 26.0 Å². The third kappa shape index (κ3) is 3.59. The molecule has 0 amide bonds. The van der Waals surface area contributed by atoms with Gasteiger partial charge in [0, 0.05) is 30.7 Å². The van der Waals surface area contributed by atoms with Gasteiger partial charge in [0.05, 0.1) is 0 Å². The lowest BCUT2D eigenvalue weighted by Gasteiger charge is -2.26. The predicted octanol–water partition coefficient (Wildman–Crippen LogP) is 2.26. The number of rotatable bonds is 5. The molecule has 0 aliphatic heterocycles. The van der Waals surface area contributed by atoms with Crippen LogP contribution in [0.25, 0.3) is 0 Å². The summed E-state index contributed by atoms with van der Waals surface area (Å²) < 4.78 is 26.9. The standard InChI is InChI=1S/C15H19N3O2S/c1-12(2)18(11-13-5-7-14(16)8-6-13)21(19,20)15-4-3-9-17-10-15/h3-10,12H,11,16H2,1-2H3. The summed E-state index contributed by atoms with van der Waals surface area (Å²) in [6, 6.07) is 10.2. The van der Waals surface area contributed by atoms with E-state index in [9.17, 15) is 8.42 Å². The van der Waals surface area contributed by atoms with Gasteiger partial charge in [-0.25, -0.2) is 8.42 Å². The van der Waals surface area contributed by atoms with Crippen molar-refractivity contribution in [2.45, 2.75) is 31.3 Å². The average molecular weight is 305 g/mol. The van der Waals surface area contributed by atoms with Crippen molar-refractivity contribution in [2.24, 2.45) is 0 Å². The van der Waals surface area contributed by atoms with Gasteiger partial charge < -0.3 is 5.73 Å². The molecule has 6 heteroatoms. The van der Waals surface area contributed by atoms with Gasteiger partial charge in [-0.2, -0.15) is 4.31 Å². The average Bonchev–Trinajstić information content (AvgIpc) is 2.47. The monoisotopic (exact) mass is 305 g/mol. The fraction of sp³-hybridized carbons (Fsp3) is 0.267. The molecule has 0 saturated heterocycles. The molecular weight excluding hydrogens is 286 g/mol. The minimum Gasteiger partial charge on any atom is -0.399 e. The Hall–Kier alpha value is -1.92. The van der Waals surface area contributed by atoms with Gasteiger partial charge in [-0.1, -0.05) is 12.1 Å². The normalized spacial score (nSPS) is 12.0. The summed E-state index contributed by atoms with van der Waals surface area (Å²) >= 11 is 0. The van der Waals surface area contributed by atoms with Crippen LogP contribution in [0, 0.1) is 0 Å². The Morgan fingerprint density at radius 3 is 2.38 bits per heavy atom. The number of benzene rings is 1. The van der Waals surface area contributed by atoms with Crippen molar-refractivity contribution in [1.82, 2.24) is 9.29 Å². The molecule has 2 aromatic rings. The van der Waals surface area contributed by atoms with E-state index in [1.165, 1.54) is 10.5 Å². The Bertz CT molecular complexity index is 683. The molecule has 0 fully saturated rings. The fourth-order valence-corrected chi connectivity index (χ4v) is 3.57. The zero-order chi connectivity index (χ0) is 15.5. The van der Waals surface area contributed by atoms with Crippen LogP contribution in [0.3, 0.4) is 0 Å². The lowest BCUT2D eigenvalue weighted by atomic mass is 10.2. The molecule has 5 nitrogen and oxygen atoms in total. The molecule has 2 N–H and O–H groups in total. The van der Waals surface area contributed by atoms with E-state index >= 15 is 0 Å². The second kappa shape index (κ2) is 6.24. The molecule has 0 spiro atoms. The topological polar surface area (TPSA) is 76.3 Å². The van der Waals surface area contributed by atoms with Gasteiger partial charge in [0.1, 0.15) is 4.90 Å². The number of nitrogens with zero attached hydrogens (tertiary/aromatic N) is 2. The van der Waals surface area contributed by atoms with Crippen LogP contribution in [0.4, 0.5) is 5.69 Å². The van der Waals surface area contributed by atoms with E-state index in [0.717, 1.165) is 5.56 Å². The van der Waals surface area contributed by atoms with E-state index in [-0.39, 0.29) is 10.9 Å². The Morgan fingerprint density at radius 2 is 1.86 bits per heavy atom. The maximum atomic E-state index is 12.7. The number of aromatic nitrogens is 1. The molecule has 0 unspecified atom stereocenters. The summed E-state index contributed by atoms with van der Waals surface area (Å²) in [6.07, 6.45) is 2.92. The second-order valence-corrected chi connectivity index (χ2v) is 6.96. The van der Waals surface area contributed by atoms with Crippen LogP contribution in [-0.4, -0.2) is 23.7 Å². The van der Waals surface area contributed by atoms with Crippen LogP contribution < -0.4 is 5.73 Å². The summed E-state index contributed by atoms with van der Waals surface area (Å²) in [5.41, 5.74) is 7.21. The van der Waals surface area contributed by atoms with Crippen LogP contribution in [0.2, 0.25) is 0 Å². The molecule has 0 saturated carbocycles. The van der Waals surface area contributed by atoms with E-state index in [1.54, 1.807) is 30.5 Å². The molecule has 0 aliphatic rings. The maximum absolute atomic E-state index is 12.7. The van der Waals surface area contributed by atoms with Gasteiger partial charge in [0.25, 0.3) is 0 Å². The van der Waals surface area contributed by atoms with Gasteiger partial charge in [-0.3, -0.25) is 4.98 Å². The zero-order valence-electron chi connectivity index (χ0n) is 12.1. The first kappa shape index (κ1) is 15.5. The quantitative estimate of drug-likeness (QED) is 0.860. The van der Waals surface area contributed by atoms with E-state index < -0.39 is 10.0 Å². The van der Waals surface area contributed by atoms with Crippen molar-refractivity contribution in [3.63, 3.8) is 0 Å². The number of hydrogen-bond acceptors (Lipinski definition) is 4. The minimum atomic E-state index is -3.57. The first-order valence-corrected chi connectivity index (χ1v) is 8.11. The highest BCUT2D eigenvalue weighted by atomic mass is 32.2. The maximum Gasteiger partial charge on any atom is 0.245 e. The largest absolute Gasteiger partial charge is 0.399 e. The molecule has 112 valence electrons. The highest BCUT2D eigenvalue weighted by Gasteiger charge is 2.27. The number of nitrogen functional groups attached to an aromatic ring is 1. The van der Waals surface area contributed by atoms with Crippen LogP contribution in [0.1, 0.15) is 19.4 Å². The van der Waals surface area contributed by atoms with Gasteiger partial charge in [0.2, 0.25) is 10.0 Å². The Balaban J connectivity index is 2.33. The number of nitrogens with two attached hydrogens (primary N) is 1. The number of sulfonamides is 1. The fourth-order valence-electron chi connectivity index (χ4n) is 1.98. The van der Waals surface area contributed by atoms with E-state index in [0.29, 0.717) is 12.2 Å². The summed E-state index contributed by atoms with van der Waals surface area (Å²) in [6.45, 7) is 4.01. The van der Waals surface area contributed by atoms with Crippen molar-refractivity contribution in [3.8, 4) is 0 Å². The molecular formula is C15H19N3O2S. The van der Waals surface area contributed by atoms with Crippen molar-refractivity contribution < 1.29 is 8.42 Å². The molecule has 21 heavy (non-hydrogen) atoms. The van der Waals surface area contributed by atoms with Crippen molar-refractivity contribution in [2.75, 3.05) is 5.73 Å². The summed E-state index contributed by atoms with van der Waals surface area (Å²) in [5, 5.41) is 0. The second-order valence-electron chi connectivity index (χ2n) is 5.07. The molecule has 1 aromatic heterocycles. The summed E-state index contributed by atoms with van der Waals surface area (Å²) in [4.78, 5) is 4.09. The first-order chi connectivity index (χ1) is 9.91.